The smallest absolute Gasteiger partial charge is 0.173 e. The maximum atomic E-state index is 5.59. The lowest BCUT2D eigenvalue weighted by Crippen LogP contribution is -2.49. The molecule has 0 saturated carbocycles. The first-order valence-electron chi connectivity index (χ1n) is 9.15. The number of thiocarbonyl (C=S) groups is 1. The molecule has 6 heteroatoms. The van der Waals surface area contributed by atoms with Crippen molar-refractivity contribution in [3.05, 3.63) is 53.6 Å². The highest BCUT2D eigenvalue weighted by Gasteiger charge is 2.20. The number of piperazine rings is 1. The van der Waals surface area contributed by atoms with E-state index in [1.807, 2.05) is 24.3 Å². The van der Waals surface area contributed by atoms with E-state index < -0.39 is 0 Å². The van der Waals surface area contributed by atoms with E-state index in [1.165, 1.54) is 11.1 Å². The fraction of sp³-hybridized carbons (Fsp3) is 0.381. The molecular formula is C21H27N3O2S. The van der Waals surface area contributed by atoms with Gasteiger partial charge in [0.15, 0.2) is 5.11 Å². The van der Waals surface area contributed by atoms with Crippen molar-refractivity contribution in [2.24, 2.45) is 0 Å². The summed E-state index contributed by atoms with van der Waals surface area (Å²) in [6.45, 7) is 6.79. The second-order valence-electron chi connectivity index (χ2n) is 6.74. The molecule has 0 spiro atoms. The molecule has 0 unspecified atom stereocenters. The topological polar surface area (TPSA) is 37.0 Å². The van der Waals surface area contributed by atoms with Crippen LogP contribution in [0.1, 0.15) is 11.1 Å². The van der Waals surface area contributed by atoms with Gasteiger partial charge < -0.3 is 19.7 Å². The van der Waals surface area contributed by atoms with E-state index >= 15 is 0 Å². The first-order chi connectivity index (χ1) is 13.1. The van der Waals surface area contributed by atoms with Gasteiger partial charge in [0, 0.05) is 44.0 Å². The van der Waals surface area contributed by atoms with Crippen LogP contribution in [0, 0.1) is 6.92 Å². The normalized spacial score (nSPS) is 14.7. The number of benzene rings is 2. The molecule has 1 aliphatic rings. The lowest BCUT2D eigenvalue weighted by atomic mass is 10.1. The summed E-state index contributed by atoms with van der Waals surface area (Å²) in [7, 11) is 3.40. The van der Waals surface area contributed by atoms with Crippen molar-refractivity contribution in [3.63, 3.8) is 0 Å². The third-order valence-electron chi connectivity index (χ3n) is 4.83. The van der Waals surface area contributed by atoms with E-state index in [9.17, 15) is 0 Å². The maximum absolute atomic E-state index is 5.59. The molecule has 0 radical (unpaired) electrons. The van der Waals surface area contributed by atoms with Crippen molar-refractivity contribution < 1.29 is 9.47 Å². The first kappa shape index (κ1) is 19.5. The van der Waals surface area contributed by atoms with E-state index in [2.05, 4.69) is 40.2 Å². The number of hydrogen-bond acceptors (Lipinski definition) is 4. The summed E-state index contributed by atoms with van der Waals surface area (Å²) in [6, 6.07) is 14.2. The van der Waals surface area contributed by atoms with Crippen LogP contribution in [0.4, 0.5) is 5.69 Å². The SMILES string of the molecule is COc1ccc(NC(=S)N2CCN(Cc3cc(C)ccc3OC)CC2)cc1. The van der Waals surface area contributed by atoms with E-state index in [4.69, 9.17) is 21.7 Å². The minimum atomic E-state index is 0.771. The Morgan fingerprint density at radius 2 is 1.70 bits per heavy atom. The van der Waals surface area contributed by atoms with Crippen LogP contribution in [0.3, 0.4) is 0 Å². The van der Waals surface area contributed by atoms with E-state index in [1.54, 1.807) is 14.2 Å². The van der Waals surface area contributed by atoms with Gasteiger partial charge in [0.1, 0.15) is 11.5 Å². The fourth-order valence-electron chi connectivity index (χ4n) is 3.26. The van der Waals surface area contributed by atoms with Crippen molar-refractivity contribution in [1.82, 2.24) is 9.80 Å². The van der Waals surface area contributed by atoms with Gasteiger partial charge >= 0.3 is 0 Å². The van der Waals surface area contributed by atoms with E-state index in [0.29, 0.717) is 0 Å². The van der Waals surface area contributed by atoms with Crippen LogP contribution in [0.5, 0.6) is 11.5 Å². The third-order valence-corrected chi connectivity index (χ3v) is 5.19. The molecule has 0 aliphatic carbocycles. The maximum Gasteiger partial charge on any atom is 0.173 e. The highest BCUT2D eigenvalue weighted by Crippen LogP contribution is 2.22. The Morgan fingerprint density at radius 3 is 2.33 bits per heavy atom. The summed E-state index contributed by atoms with van der Waals surface area (Å²) in [4.78, 5) is 4.67. The quantitative estimate of drug-likeness (QED) is 0.794. The molecule has 5 nitrogen and oxygen atoms in total. The summed E-state index contributed by atoms with van der Waals surface area (Å²) in [5, 5.41) is 4.09. The van der Waals surface area contributed by atoms with Crippen LogP contribution in [0.25, 0.3) is 0 Å². The zero-order chi connectivity index (χ0) is 19.2. The molecule has 3 rings (SSSR count). The monoisotopic (exact) mass is 385 g/mol. The number of aryl methyl sites for hydroxylation is 1. The average Bonchev–Trinajstić information content (AvgIpc) is 2.69. The minimum Gasteiger partial charge on any atom is -0.497 e. The molecule has 1 saturated heterocycles. The molecule has 0 aromatic heterocycles. The van der Waals surface area contributed by atoms with Crippen LogP contribution in [0.2, 0.25) is 0 Å². The van der Waals surface area contributed by atoms with Crippen molar-refractivity contribution in [2.75, 3.05) is 45.7 Å². The number of nitrogens with one attached hydrogen (secondary N) is 1. The molecule has 144 valence electrons. The largest absolute Gasteiger partial charge is 0.497 e. The van der Waals surface area contributed by atoms with Crippen LogP contribution in [0.15, 0.2) is 42.5 Å². The second kappa shape index (κ2) is 9.06. The summed E-state index contributed by atoms with van der Waals surface area (Å²) < 4.78 is 10.7. The van der Waals surface area contributed by atoms with Crippen LogP contribution in [-0.4, -0.2) is 55.3 Å². The zero-order valence-electron chi connectivity index (χ0n) is 16.2. The molecule has 27 heavy (non-hydrogen) atoms. The van der Waals surface area contributed by atoms with Crippen LogP contribution >= 0.6 is 12.2 Å². The molecule has 1 heterocycles. The second-order valence-corrected chi connectivity index (χ2v) is 7.12. The lowest BCUT2D eigenvalue weighted by molar-refractivity contribution is 0.175. The number of nitrogens with zero attached hydrogens (tertiary/aromatic N) is 2. The van der Waals surface area contributed by atoms with Gasteiger partial charge in [-0.15, -0.1) is 0 Å². The predicted molar refractivity (Wildman–Crippen MR) is 114 cm³/mol. The van der Waals surface area contributed by atoms with Crippen molar-refractivity contribution in [2.45, 2.75) is 13.5 Å². The third kappa shape index (κ3) is 5.11. The zero-order valence-corrected chi connectivity index (χ0v) is 17.0. The fourth-order valence-corrected chi connectivity index (χ4v) is 3.56. The molecule has 1 aliphatic heterocycles. The standard InChI is InChI=1S/C21H27N3O2S/c1-16-4-9-20(26-3)17(14-16)15-23-10-12-24(13-11-23)21(27)22-18-5-7-19(25-2)8-6-18/h4-9,14H,10-13,15H2,1-3H3,(H,22,27). The molecule has 2 aromatic carbocycles. The van der Waals surface area contributed by atoms with Gasteiger partial charge in [0.25, 0.3) is 0 Å². The van der Waals surface area contributed by atoms with Crippen LogP contribution < -0.4 is 14.8 Å². The Labute approximate surface area is 166 Å². The molecule has 0 amide bonds. The number of rotatable bonds is 5. The van der Waals surface area contributed by atoms with Gasteiger partial charge in [-0.05, 0) is 49.5 Å². The van der Waals surface area contributed by atoms with Gasteiger partial charge in [-0.3, -0.25) is 4.90 Å². The number of ether oxygens (including phenoxy) is 2. The minimum absolute atomic E-state index is 0.771. The van der Waals surface area contributed by atoms with Gasteiger partial charge in [-0.2, -0.15) is 0 Å². The summed E-state index contributed by atoms with van der Waals surface area (Å²) in [5.41, 5.74) is 3.48. The molecular weight excluding hydrogens is 358 g/mol. The lowest BCUT2D eigenvalue weighted by Gasteiger charge is -2.36. The Kier molecular flexibility index (Phi) is 6.53. The van der Waals surface area contributed by atoms with Crippen molar-refractivity contribution in [1.29, 1.82) is 0 Å². The Bertz CT molecular complexity index is 771. The predicted octanol–water partition coefficient (Wildman–Crippen LogP) is 3.53. The van der Waals surface area contributed by atoms with Gasteiger partial charge in [0.2, 0.25) is 0 Å². The summed E-state index contributed by atoms with van der Waals surface area (Å²) in [5.74, 6) is 1.80. The van der Waals surface area contributed by atoms with Crippen molar-refractivity contribution >= 4 is 23.0 Å². The molecule has 2 aromatic rings. The molecule has 0 bridgehead atoms. The molecule has 0 atom stereocenters. The number of methoxy groups -OCH3 is 2. The average molecular weight is 386 g/mol. The van der Waals surface area contributed by atoms with Crippen molar-refractivity contribution in [3.8, 4) is 11.5 Å². The van der Waals surface area contributed by atoms with E-state index in [-0.39, 0.29) is 0 Å². The Balaban J connectivity index is 1.52. The molecule has 1 fully saturated rings. The van der Waals surface area contributed by atoms with Gasteiger partial charge in [-0.25, -0.2) is 0 Å². The Hall–Kier alpha value is -2.31. The molecule has 1 N–H and O–H groups in total. The highest BCUT2D eigenvalue weighted by atomic mass is 32.1. The number of hydrogen-bond donors (Lipinski definition) is 1. The highest BCUT2D eigenvalue weighted by molar-refractivity contribution is 7.80. The first-order valence-corrected chi connectivity index (χ1v) is 9.55. The van der Waals surface area contributed by atoms with E-state index in [0.717, 1.165) is 55.0 Å². The Morgan fingerprint density at radius 1 is 1.00 bits per heavy atom. The van der Waals surface area contributed by atoms with Gasteiger partial charge in [0.05, 0.1) is 14.2 Å². The van der Waals surface area contributed by atoms with Gasteiger partial charge in [-0.1, -0.05) is 17.7 Å². The summed E-state index contributed by atoms with van der Waals surface area (Å²) >= 11 is 5.59. The summed E-state index contributed by atoms with van der Waals surface area (Å²) in [6.07, 6.45) is 0. The van der Waals surface area contributed by atoms with Crippen LogP contribution in [-0.2, 0) is 6.54 Å². The number of anilines is 1.